The molecule has 0 saturated carbocycles. The Bertz CT molecular complexity index is 937. The van der Waals surface area contributed by atoms with Crippen molar-refractivity contribution < 1.29 is 28.3 Å². The number of imide groups is 1. The number of hydrogen-bond acceptors (Lipinski definition) is 7. The highest BCUT2D eigenvalue weighted by Crippen LogP contribution is 2.36. The molecule has 0 bridgehead atoms. The normalized spacial score (nSPS) is 17.0. The van der Waals surface area contributed by atoms with E-state index in [0.29, 0.717) is 22.0 Å². The lowest BCUT2D eigenvalue weighted by atomic mass is 10.2. The van der Waals surface area contributed by atoms with Crippen molar-refractivity contribution in [2.45, 2.75) is 0 Å². The monoisotopic (exact) mass is 386 g/mol. The zero-order valence-electron chi connectivity index (χ0n) is 14.0. The average molecular weight is 386 g/mol. The number of nitrogens with zero attached hydrogens (tertiary/aromatic N) is 1. The molecule has 1 fully saturated rings. The Morgan fingerprint density at radius 2 is 2.07 bits per heavy atom. The van der Waals surface area contributed by atoms with Crippen LogP contribution in [0.5, 0.6) is 11.5 Å². The van der Waals surface area contributed by atoms with Crippen molar-refractivity contribution >= 4 is 34.9 Å². The summed E-state index contributed by atoms with van der Waals surface area (Å²) < 4.78 is 15.4. The third-order valence-corrected chi connectivity index (χ3v) is 4.88. The molecule has 3 heterocycles. The summed E-state index contributed by atoms with van der Waals surface area (Å²) in [5, 5.41) is 2.27. The molecule has 8 nitrogen and oxygen atoms in total. The van der Waals surface area contributed by atoms with Gasteiger partial charge in [0.1, 0.15) is 6.26 Å². The first-order valence-electron chi connectivity index (χ1n) is 8.07. The van der Waals surface area contributed by atoms with E-state index in [1.807, 2.05) is 0 Å². The molecule has 1 saturated heterocycles. The number of fused-ring (bicyclic) bond motifs is 1. The summed E-state index contributed by atoms with van der Waals surface area (Å²) in [6.45, 7) is 0.409. The highest BCUT2D eigenvalue weighted by atomic mass is 32.2. The Balaban J connectivity index is 1.39. The van der Waals surface area contributed by atoms with Gasteiger partial charge in [0.25, 0.3) is 17.1 Å². The van der Waals surface area contributed by atoms with Crippen LogP contribution >= 0.6 is 11.8 Å². The van der Waals surface area contributed by atoms with Crippen LogP contribution in [0.4, 0.5) is 4.79 Å². The SMILES string of the molecule is O=C(NCCN1C(=O)S/C(=C/c2ccc3c(c2)OCO3)C1=O)c1ccoc1. The minimum Gasteiger partial charge on any atom is -0.472 e. The average Bonchev–Trinajstić information content (AvgIpc) is 3.38. The molecule has 9 heteroatoms. The van der Waals surface area contributed by atoms with E-state index < -0.39 is 0 Å². The standard InChI is InChI=1S/C18H14N2O6S/c21-16(12-3-6-24-9-12)19-4-5-20-17(22)15(27-18(20)23)8-11-1-2-13-14(7-11)26-10-25-13/h1-3,6-9H,4-5,10H2,(H,19,21)/b15-8+. The van der Waals surface area contributed by atoms with Crippen molar-refractivity contribution in [1.29, 1.82) is 0 Å². The zero-order valence-corrected chi connectivity index (χ0v) is 14.8. The minimum absolute atomic E-state index is 0.0900. The third-order valence-electron chi connectivity index (χ3n) is 3.97. The van der Waals surface area contributed by atoms with Gasteiger partial charge < -0.3 is 19.2 Å². The largest absolute Gasteiger partial charge is 0.472 e. The van der Waals surface area contributed by atoms with Gasteiger partial charge in [0.15, 0.2) is 11.5 Å². The predicted octanol–water partition coefficient (Wildman–Crippen LogP) is 2.47. The van der Waals surface area contributed by atoms with Crippen molar-refractivity contribution in [2.75, 3.05) is 19.9 Å². The molecule has 2 aliphatic heterocycles. The quantitative estimate of drug-likeness (QED) is 0.788. The number of furan rings is 1. The highest BCUT2D eigenvalue weighted by Gasteiger charge is 2.34. The van der Waals surface area contributed by atoms with E-state index in [1.54, 1.807) is 24.3 Å². The number of hydrogen-bond donors (Lipinski definition) is 1. The molecule has 138 valence electrons. The van der Waals surface area contributed by atoms with Crippen LogP contribution in [0.3, 0.4) is 0 Å². The summed E-state index contributed by atoms with van der Waals surface area (Å²) in [5.41, 5.74) is 1.12. The first-order valence-corrected chi connectivity index (χ1v) is 8.89. The lowest BCUT2D eigenvalue weighted by Gasteiger charge is -2.12. The maximum Gasteiger partial charge on any atom is 0.293 e. The molecule has 0 spiro atoms. The van der Waals surface area contributed by atoms with Gasteiger partial charge in [-0.3, -0.25) is 19.3 Å². The molecule has 27 heavy (non-hydrogen) atoms. The molecule has 3 amide bonds. The summed E-state index contributed by atoms with van der Waals surface area (Å²) in [4.78, 5) is 37.9. The Morgan fingerprint density at radius 3 is 2.89 bits per heavy atom. The fourth-order valence-corrected chi connectivity index (χ4v) is 3.49. The Labute approximate surface area is 158 Å². The Hall–Kier alpha value is -3.20. The van der Waals surface area contributed by atoms with E-state index >= 15 is 0 Å². The van der Waals surface area contributed by atoms with Crippen LogP contribution in [0.1, 0.15) is 15.9 Å². The van der Waals surface area contributed by atoms with Crippen molar-refractivity contribution in [3.05, 3.63) is 52.8 Å². The molecule has 0 aliphatic carbocycles. The van der Waals surface area contributed by atoms with Gasteiger partial charge in [0, 0.05) is 13.1 Å². The molecular weight excluding hydrogens is 372 g/mol. The molecule has 0 atom stereocenters. The number of carbonyl (C=O) groups excluding carboxylic acids is 3. The van der Waals surface area contributed by atoms with E-state index in [0.717, 1.165) is 22.2 Å². The van der Waals surface area contributed by atoms with Crippen LogP contribution in [0.15, 0.2) is 46.1 Å². The molecule has 2 aliphatic rings. The summed E-state index contributed by atoms with van der Waals surface area (Å²) in [5.74, 6) is 0.533. The number of amides is 3. The summed E-state index contributed by atoms with van der Waals surface area (Å²) in [6, 6.07) is 6.82. The number of rotatable bonds is 5. The minimum atomic E-state index is -0.389. The van der Waals surface area contributed by atoms with Gasteiger partial charge in [-0.2, -0.15) is 0 Å². The lowest BCUT2D eigenvalue weighted by molar-refractivity contribution is -0.122. The molecule has 0 radical (unpaired) electrons. The van der Waals surface area contributed by atoms with Crippen molar-refractivity contribution in [3.8, 4) is 11.5 Å². The third kappa shape index (κ3) is 3.54. The van der Waals surface area contributed by atoms with Gasteiger partial charge >= 0.3 is 0 Å². The maximum atomic E-state index is 12.5. The number of ether oxygens (including phenoxy) is 2. The topological polar surface area (TPSA) is 98.1 Å². The van der Waals surface area contributed by atoms with E-state index in [-0.39, 0.29) is 36.9 Å². The molecular formula is C18H14N2O6S. The number of nitrogens with one attached hydrogen (secondary N) is 1. The maximum absolute atomic E-state index is 12.5. The van der Waals surface area contributed by atoms with Crippen LogP contribution in [0.2, 0.25) is 0 Å². The number of carbonyl (C=O) groups is 3. The van der Waals surface area contributed by atoms with Gasteiger partial charge in [-0.05, 0) is 41.6 Å². The molecule has 0 unspecified atom stereocenters. The molecule has 1 aromatic heterocycles. The first kappa shape index (κ1) is 17.2. The lowest BCUT2D eigenvalue weighted by Crippen LogP contribution is -2.37. The van der Waals surface area contributed by atoms with E-state index in [1.165, 1.54) is 18.6 Å². The second kappa shape index (κ2) is 7.20. The van der Waals surface area contributed by atoms with Crippen LogP contribution in [0, 0.1) is 0 Å². The first-order chi connectivity index (χ1) is 13.1. The van der Waals surface area contributed by atoms with Crippen molar-refractivity contribution in [3.63, 3.8) is 0 Å². The fraction of sp³-hybridized carbons (Fsp3) is 0.167. The summed E-state index contributed by atoms with van der Waals surface area (Å²) in [7, 11) is 0. The molecule has 1 N–H and O–H groups in total. The van der Waals surface area contributed by atoms with Crippen LogP contribution in [0.25, 0.3) is 6.08 Å². The molecule has 1 aromatic carbocycles. The van der Waals surface area contributed by atoms with Gasteiger partial charge in [0.2, 0.25) is 6.79 Å². The second-order valence-electron chi connectivity index (χ2n) is 5.71. The Morgan fingerprint density at radius 1 is 1.22 bits per heavy atom. The van der Waals surface area contributed by atoms with Crippen molar-refractivity contribution in [2.24, 2.45) is 0 Å². The van der Waals surface area contributed by atoms with Crippen LogP contribution in [-0.4, -0.2) is 41.8 Å². The van der Waals surface area contributed by atoms with E-state index in [2.05, 4.69) is 5.32 Å². The van der Waals surface area contributed by atoms with E-state index in [9.17, 15) is 14.4 Å². The van der Waals surface area contributed by atoms with Crippen LogP contribution in [-0.2, 0) is 4.79 Å². The van der Waals surface area contributed by atoms with Gasteiger partial charge in [0.05, 0.1) is 16.7 Å². The zero-order chi connectivity index (χ0) is 18.8. The van der Waals surface area contributed by atoms with Gasteiger partial charge in [-0.15, -0.1) is 0 Å². The molecule has 4 rings (SSSR count). The number of benzene rings is 1. The number of thioether (sulfide) groups is 1. The summed E-state index contributed by atoms with van der Waals surface area (Å²) >= 11 is 0.865. The Kier molecular flexibility index (Phi) is 4.59. The summed E-state index contributed by atoms with van der Waals surface area (Å²) in [6.07, 6.45) is 4.35. The van der Waals surface area contributed by atoms with Crippen molar-refractivity contribution in [1.82, 2.24) is 10.2 Å². The van der Waals surface area contributed by atoms with Crippen LogP contribution < -0.4 is 14.8 Å². The van der Waals surface area contributed by atoms with Gasteiger partial charge in [-0.1, -0.05) is 6.07 Å². The highest BCUT2D eigenvalue weighted by molar-refractivity contribution is 8.18. The smallest absolute Gasteiger partial charge is 0.293 e. The fourth-order valence-electron chi connectivity index (χ4n) is 2.62. The second-order valence-corrected chi connectivity index (χ2v) is 6.71. The van der Waals surface area contributed by atoms with Gasteiger partial charge in [-0.25, -0.2) is 0 Å². The molecule has 2 aromatic rings. The van der Waals surface area contributed by atoms with E-state index in [4.69, 9.17) is 13.9 Å². The predicted molar refractivity (Wildman–Crippen MR) is 96.3 cm³/mol.